The van der Waals surface area contributed by atoms with Crippen molar-refractivity contribution in [2.75, 3.05) is 22.6 Å². The zero-order chi connectivity index (χ0) is 14.8. The molecule has 112 valence electrons. The van der Waals surface area contributed by atoms with Crippen molar-refractivity contribution < 1.29 is 0 Å². The van der Waals surface area contributed by atoms with Crippen LogP contribution in [0, 0.1) is 0 Å². The monoisotopic (exact) mass is 307 g/mol. The van der Waals surface area contributed by atoms with Crippen molar-refractivity contribution in [3.05, 3.63) is 12.7 Å². The van der Waals surface area contributed by atoms with Gasteiger partial charge in [-0.25, -0.2) is 10.8 Å². The molecule has 1 aliphatic heterocycles. The average Bonchev–Trinajstić information content (AvgIpc) is 3.04. The van der Waals surface area contributed by atoms with Gasteiger partial charge in [-0.2, -0.15) is 36.5 Å². The Bertz CT molecular complexity index is 602. The van der Waals surface area contributed by atoms with E-state index in [2.05, 4.69) is 49.2 Å². The summed E-state index contributed by atoms with van der Waals surface area (Å²) in [6.07, 6.45) is 2.97. The highest BCUT2D eigenvalue weighted by atomic mass is 32.2. The van der Waals surface area contributed by atoms with E-state index in [0.29, 0.717) is 29.1 Å². The molecular weight excluding hydrogens is 290 g/mol. The molecule has 2 aromatic heterocycles. The third-order valence-corrected chi connectivity index (χ3v) is 4.84. The number of hydrazine groups is 1. The van der Waals surface area contributed by atoms with Gasteiger partial charge in [-0.15, -0.1) is 0 Å². The van der Waals surface area contributed by atoms with Gasteiger partial charge in [0.05, 0.1) is 0 Å². The maximum Gasteiger partial charge on any atom is 0.258 e. The summed E-state index contributed by atoms with van der Waals surface area (Å²) in [6, 6.07) is 0.334. The van der Waals surface area contributed by atoms with E-state index in [0.717, 1.165) is 12.3 Å². The van der Waals surface area contributed by atoms with Crippen molar-refractivity contribution in [1.29, 1.82) is 0 Å². The summed E-state index contributed by atoms with van der Waals surface area (Å²) in [5.41, 5.74) is 2.48. The Hall–Kier alpha value is -1.94. The van der Waals surface area contributed by atoms with Crippen molar-refractivity contribution in [3.63, 3.8) is 0 Å². The zero-order valence-corrected chi connectivity index (χ0v) is 12.7. The molecule has 1 aliphatic rings. The summed E-state index contributed by atoms with van der Waals surface area (Å²) in [4.78, 5) is 19.1. The standard InChI is InChI=1S/C11H17N9S/c1-7-8(2)21-4-3-19(7)10-15-9(18-12)16-11(17-10)20-6-13-5-14-20/h5-8H,3-4,12H2,1-2H3,(H,15,16,17,18). The van der Waals surface area contributed by atoms with E-state index in [1.165, 1.54) is 17.3 Å². The number of nitrogens with two attached hydrogens (primary N) is 1. The molecule has 10 heteroatoms. The number of hydrogen-bond acceptors (Lipinski definition) is 9. The first-order valence-electron chi connectivity index (χ1n) is 6.65. The smallest absolute Gasteiger partial charge is 0.258 e. The van der Waals surface area contributed by atoms with Crippen LogP contribution in [0.15, 0.2) is 12.7 Å². The van der Waals surface area contributed by atoms with Gasteiger partial charge in [-0.3, -0.25) is 5.43 Å². The number of nitrogens with zero attached hydrogens (tertiary/aromatic N) is 7. The molecule has 3 N–H and O–H groups in total. The van der Waals surface area contributed by atoms with E-state index in [1.807, 2.05) is 11.8 Å². The predicted octanol–water partition coefficient (Wildman–Crippen LogP) is 0.0681. The molecule has 0 aliphatic carbocycles. The van der Waals surface area contributed by atoms with Crippen LogP contribution in [-0.2, 0) is 0 Å². The number of nitrogens with one attached hydrogen (secondary N) is 1. The number of thioether (sulfide) groups is 1. The molecule has 9 nitrogen and oxygen atoms in total. The van der Waals surface area contributed by atoms with Crippen molar-refractivity contribution in [2.45, 2.75) is 25.1 Å². The molecule has 0 radical (unpaired) electrons. The lowest BCUT2D eigenvalue weighted by Crippen LogP contribution is -2.45. The summed E-state index contributed by atoms with van der Waals surface area (Å²) in [6.45, 7) is 5.27. The second-order valence-electron chi connectivity index (χ2n) is 4.75. The fourth-order valence-electron chi connectivity index (χ4n) is 2.18. The number of aromatic nitrogens is 6. The lowest BCUT2D eigenvalue weighted by Gasteiger charge is -2.37. The normalized spacial score (nSPS) is 22.3. The molecule has 0 amide bonds. The van der Waals surface area contributed by atoms with Gasteiger partial charge in [0.1, 0.15) is 12.7 Å². The van der Waals surface area contributed by atoms with Crippen LogP contribution in [0.1, 0.15) is 13.8 Å². The number of hydrogen-bond donors (Lipinski definition) is 2. The molecule has 3 heterocycles. The molecule has 1 fully saturated rings. The maximum absolute atomic E-state index is 5.46. The first-order chi connectivity index (χ1) is 10.2. The summed E-state index contributed by atoms with van der Waals surface area (Å²) in [5, 5.41) is 4.56. The Labute approximate surface area is 126 Å². The summed E-state index contributed by atoms with van der Waals surface area (Å²) < 4.78 is 1.48. The topological polar surface area (TPSA) is 111 Å². The zero-order valence-electron chi connectivity index (χ0n) is 11.8. The third kappa shape index (κ3) is 2.76. The molecule has 3 rings (SSSR count). The SMILES string of the molecule is CC1SCCN(c2nc(NN)nc(-n3cncn3)n2)C1C. The van der Waals surface area contributed by atoms with Crippen LogP contribution in [0.3, 0.4) is 0 Å². The first kappa shape index (κ1) is 14.0. The molecule has 0 spiro atoms. The lowest BCUT2D eigenvalue weighted by molar-refractivity contribution is 0.608. The molecule has 0 aromatic carbocycles. The minimum absolute atomic E-state index is 0.309. The molecule has 2 unspecified atom stereocenters. The summed E-state index contributed by atoms with van der Waals surface area (Å²) in [7, 11) is 0. The fourth-order valence-corrected chi connectivity index (χ4v) is 3.28. The second kappa shape index (κ2) is 5.82. The number of rotatable bonds is 3. The molecule has 0 bridgehead atoms. The highest BCUT2D eigenvalue weighted by Gasteiger charge is 2.28. The Morgan fingerprint density at radius 3 is 2.81 bits per heavy atom. The second-order valence-corrected chi connectivity index (χ2v) is 6.24. The average molecular weight is 307 g/mol. The minimum atomic E-state index is 0.309. The van der Waals surface area contributed by atoms with Gasteiger partial charge in [0.15, 0.2) is 0 Å². The quantitative estimate of drug-likeness (QED) is 0.601. The molecule has 1 saturated heterocycles. The number of anilines is 2. The summed E-state index contributed by atoms with van der Waals surface area (Å²) in [5.74, 6) is 7.81. The maximum atomic E-state index is 5.46. The Balaban J connectivity index is 1.99. The van der Waals surface area contributed by atoms with Crippen LogP contribution < -0.4 is 16.2 Å². The fraction of sp³-hybridized carbons (Fsp3) is 0.545. The van der Waals surface area contributed by atoms with Crippen LogP contribution in [0.5, 0.6) is 0 Å². The molecular formula is C11H17N9S. The van der Waals surface area contributed by atoms with E-state index in [1.54, 1.807) is 0 Å². The van der Waals surface area contributed by atoms with E-state index < -0.39 is 0 Å². The van der Waals surface area contributed by atoms with Gasteiger partial charge in [0.2, 0.25) is 11.9 Å². The minimum Gasteiger partial charge on any atom is -0.336 e. The Morgan fingerprint density at radius 2 is 2.10 bits per heavy atom. The Morgan fingerprint density at radius 1 is 1.29 bits per heavy atom. The largest absolute Gasteiger partial charge is 0.336 e. The first-order valence-corrected chi connectivity index (χ1v) is 7.70. The van der Waals surface area contributed by atoms with Gasteiger partial charge in [0.25, 0.3) is 5.95 Å². The van der Waals surface area contributed by atoms with Crippen LogP contribution in [0.4, 0.5) is 11.9 Å². The van der Waals surface area contributed by atoms with Crippen LogP contribution in [-0.4, -0.2) is 53.3 Å². The molecule has 2 atom stereocenters. The van der Waals surface area contributed by atoms with E-state index in [-0.39, 0.29) is 0 Å². The van der Waals surface area contributed by atoms with E-state index in [9.17, 15) is 0 Å². The van der Waals surface area contributed by atoms with Crippen molar-refractivity contribution in [1.82, 2.24) is 29.7 Å². The molecule has 2 aromatic rings. The lowest BCUT2D eigenvalue weighted by atomic mass is 10.2. The summed E-state index contributed by atoms with van der Waals surface area (Å²) >= 11 is 1.96. The van der Waals surface area contributed by atoms with Crippen LogP contribution in [0.25, 0.3) is 5.95 Å². The van der Waals surface area contributed by atoms with Gasteiger partial charge in [-0.1, -0.05) is 6.92 Å². The highest BCUT2D eigenvalue weighted by molar-refractivity contribution is 8.00. The van der Waals surface area contributed by atoms with Crippen LogP contribution >= 0.6 is 11.8 Å². The van der Waals surface area contributed by atoms with Crippen molar-refractivity contribution >= 4 is 23.7 Å². The third-order valence-electron chi connectivity index (χ3n) is 3.51. The van der Waals surface area contributed by atoms with Crippen LogP contribution in [0.2, 0.25) is 0 Å². The van der Waals surface area contributed by atoms with Gasteiger partial charge >= 0.3 is 0 Å². The van der Waals surface area contributed by atoms with Crippen molar-refractivity contribution in [3.8, 4) is 5.95 Å². The van der Waals surface area contributed by atoms with E-state index >= 15 is 0 Å². The molecule has 0 saturated carbocycles. The highest BCUT2D eigenvalue weighted by Crippen LogP contribution is 2.27. The molecule has 21 heavy (non-hydrogen) atoms. The van der Waals surface area contributed by atoms with Crippen molar-refractivity contribution in [2.24, 2.45) is 5.84 Å². The Kier molecular flexibility index (Phi) is 3.88. The van der Waals surface area contributed by atoms with Gasteiger partial charge < -0.3 is 4.90 Å². The van der Waals surface area contributed by atoms with Gasteiger partial charge in [0, 0.05) is 23.6 Å². The van der Waals surface area contributed by atoms with E-state index in [4.69, 9.17) is 5.84 Å². The van der Waals surface area contributed by atoms with Gasteiger partial charge in [-0.05, 0) is 6.92 Å². The predicted molar refractivity (Wildman–Crippen MR) is 81.3 cm³/mol. The number of nitrogen functional groups attached to an aromatic ring is 1.